The zero-order chi connectivity index (χ0) is 13.7. The number of rotatable bonds is 4. The summed E-state index contributed by atoms with van der Waals surface area (Å²) in [7, 11) is 0. The summed E-state index contributed by atoms with van der Waals surface area (Å²) >= 11 is 0. The van der Waals surface area contributed by atoms with Crippen molar-refractivity contribution in [2.75, 3.05) is 5.43 Å². The second-order valence-electron chi connectivity index (χ2n) is 4.09. The first-order chi connectivity index (χ1) is 9.15. The number of anilines is 1. The van der Waals surface area contributed by atoms with E-state index in [1.165, 1.54) is 12.1 Å². The number of hydrogen-bond acceptors (Lipinski definition) is 4. The summed E-state index contributed by atoms with van der Waals surface area (Å²) in [5.41, 5.74) is 5.83. The van der Waals surface area contributed by atoms with Crippen LogP contribution in [0.25, 0.3) is 0 Å². The average molecular weight is 255 g/mol. The summed E-state index contributed by atoms with van der Waals surface area (Å²) in [6.07, 6.45) is 1.62. The fraction of sp³-hybridized carbons (Fsp3) is 0.0714. The van der Waals surface area contributed by atoms with Crippen molar-refractivity contribution in [3.05, 3.63) is 69.8 Å². The molecule has 1 N–H and O–H groups in total. The number of nitro benzene ring substituents is 1. The van der Waals surface area contributed by atoms with E-state index in [1.807, 2.05) is 31.2 Å². The van der Waals surface area contributed by atoms with Crippen LogP contribution in [0.15, 0.2) is 53.6 Å². The van der Waals surface area contributed by atoms with E-state index in [2.05, 4.69) is 10.5 Å². The van der Waals surface area contributed by atoms with Gasteiger partial charge in [-0.25, -0.2) is 0 Å². The number of hydrazone groups is 1. The van der Waals surface area contributed by atoms with E-state index in [1.54, 1.807) is 18.3 Å². The van der Waals surface area contributed by atoms with Gasteiger partial charge in [-0.3, -0.25) is 15.5 Å². The first-order valence-corrected chi connectivity index (χ1v) is 5.75. The number of hydrogen-bond donors (Lipinski definition) is 1. The Bertz CT molecular complexity index is 606. The molecule has 0 bridgehead atoms. The maximum Gasteiger partial charge on any atom is 0.269 e. The predicted octanol–water partition coefficient (Wildman–Crippen LogP) is 3.35. The van der Waals surface area contributed by atoms with Gasteiger partial charge in [-0.15, -0.1) is 0 Å². The van der Waals surface area contributed by atoms with Crippen LogP contribution in [0, 0.1) is 17.0 Å². The van der Waals surface area contributed by atoms with Gasteiger partial charge in [-0.1, -0.05) is 12.1 Å². The summed E-state index contributed by atoms with van der Waals surface area (Å²) in [5.74, 6) is 0. The largest absolute Gasteiger partial charge is 0.278 e. The maximum absolute atomic E-state index is 10.5. The topological polar surface area (TPSA) is 67.5 Å². The van der Waals surface area contributed by atoms with Crippen molar-refractivity contribution in [2.45, 2.75) is 6.92 Å². The third-order valence-electron chi connectivity index (χ3n) is 2.53. The Balaban J connectivity index is 2.01. The predicted molar refractivity (Wildman–Crippen MR) is 75.5 cm³/mol. The second kappa shape index (κ2) is 5.77. The van der Waals surface area contributed by atoms with Crippen molar-refractivity contribution in [1.82, 2.24) is 0 Å². The molecule has 0 fully saturated rings. The minimum atomic E-state index is -0.425. The Morgan fingerprint density at radius 2 is 1.95 bits per heavy atom. The van der Waals surface area contributed by atoms with Crippen molar-refractivity contribution in [1.29, 1.82) is 0 Å². The fourth-order valence-corrected chi connectivity index (χ4v) is 1.58. The van der Waals surface area contributed by atoms with Crippen LogP contribution in [-0.2, 0) is 0 Å². The lowest BCUT2D eigenvalue weighted by molar-refractivity contribution is -0.384. The SMILES string of the molecule is Cc1cccc(N/N=C/c2ccc([N+](=O)[O-])cc2)c1. The fourth-order valence-electron chi connectivity index (χ4n) is 1.58. The lowest BCUT2D eigenvalue weighted by Crippen LogP contribution is -1.92. The summed E-state index contributed by atoms with van der Waals surface area (Å²) in [4.78, 5) is 10.1. The van der Waals surface area contributed by atoms with Crippen molar-refractivity contribution in [2.24, 2.45) is 5.10 Å². The van der Waals surface area contributed by atoms with Gasteiger partial charge in [0.1, 0.15) is 0 Å². The maximum atomic E-state index is 10.5. The molecule has 0 spiro atoms. The molecule has 0 radical (unpaired) electrons. The second-order valence-corrected chi connectivity index (χ2v) is 4.09. The molecule has 19 heavy (non-hydrogen) atoms. The van der Waals surface area contributed by atoms with E-state index >= 15 is 0 Å². The molecule has 2 aromatic carbocycles. The molecule has 5 heteroatoms. The van der Waals surface area contributed by atoms with Gasteiger partial charge >= 0.3 is 0 Å². The number of benzene rings is 2. The number of nitrogens with zero attached hydrogens (tertiary/aromatic N) is 2. The molecule has 0 aliphatic rings. The van der Waals surface area contributed by atoms with E-state index in [0.29, 0.717) is 0 Å². The Kier molecular flexibility index (Phi) is 3.87. The summed E-state index contributed by atoms with van der Waals surface area (Å²) < 4.78 is 0. The smallest absolute Gasteiger partial charge is 0.269 e. The lowest BCUT2D eigenvalue weighted by atomic mass is 10.2. The normalized spacial score (nSPS) is 10.6. The zero-order valence-electron chi connectivity index (χ0n) is 10.4. The highest BCUT2D eigenvalue weighted by Gasteiger charge is 2.02. The molecule has 5 nitrogen and oxygen atoms in total. The van der Waals surface area contributed by atoms with E-state index < -0.39 is 4.92 Å². The Morgan fingerprint density at radius 1 is 1.21 bits per heavy atom. The van der Waals surface area contributed by atoms with Crippen LogP contribution < -0.4 is 5.43 Å². The highest BCUT2D eigenvalue weighted by Crippen LogP contribution is 2.11. The van der Waals surface area contributed by atoms with E-state index in [9.17, 15) is 10.1 Å². The quantitative estimate of drug-likeness (QED) is 0.517. The zero-order valence-corrected chi connectivity index (χ0v) is 10.4. The molecule has 0 amide bonds. The molecule has 2 aromatic rings. The number of aryl methyl sites for hydroxylation is 1. The third kappa shape index (κ3) is 3.64. The summed E-state index contributed by atoms with van der Waals surface area (Å²) in [5, 5.41) is 14.6. The van der Waals surface area contributed by atoms with Crippen LogP contribution in [0.1, 0.15) is 11.1 Å². The van der Waals surface area contributed by atoms with Crippen LogP contribution in [0.2, 0.25) is 0 Å². The lowest BCUT2D eigenvalue weighted by Gasteiger charge is -2.00. The Morgan fingerprint density at radius 3 is 2.58 bits per heavy atom. The highest BCUT2D eigenvalue weighted by molar-refractivity contribution is 5.80. The van der Waals surface area contributed by atoms with Gasteiger partial charge in [0.2, 0.25) is 0 Å². The highest BCUT2D eigenvalue weighted by atomic mass is 16.6. The molecule has 0 heterocycles. The number of non-ortho nitro benzene ring substituents is 1. The first kappa shape index (κ1) is 12.8. The van der Waals surface area contributed by atoms with Gasteiger partial charge in [0.05, 0.1) is 16.8 Å². The van der Waals surface area contributed by atoms with Crippen LogP contribution in [0.5, 0.6) is 0 Å². The third-order valence-corrected chi connectivity index (χ3v) is 2.53. The first-order valence-electron chi connectivity index (χ1n) is 5.75. The number of nitrogens with one attached hydrogen (secondary N) is 1. The van der Waals surface area contributed by atoms with Crippen LogP contribution in [0.4, 0.5) is 11.4 Å². The molecule has 0 aliphatic heterocycles. The van der Waals surface area contributed by atoms with Gasteiger partial charge < -0.3 is 0 Å². The molecular formula is C14H13N3O2. The molecule has 0 unspecified atom stereocenters. The van der Waals surface area contributed by atoms with Crippen LogP contribution in [-0.4, -0.2) is 11.1 Å². The van der Waals surface area contributed by atoms with Crippen molar-refractivity contribution >= 4 is 17.6 Å². The van der Waals surface area contributed by atoms with Gasteiger partial charge in [0, 0.05) is 12.1 Å². The summed E-state index contributed by atoms with van der Waals surface area (Å²) in [6, 6.07) is 14.1. The van der Waals surface area contributed by atoms with Crippen LogP contribution in [0.3, 0.4) is 0 Å². The van der Waals surface area contributed by atoms with Gasteiger partial charge in [0.25, 0.3) is 5.69 Å². The molecule has 0 aromatic heterocycles. The minimum Gasteiger partial charge on any atom is -0.278 e. The van der Waals surface area contributed by atoms with Crippen molar-refractivity contribution in [3.8, 4) is 0 Å². The molecule has 0 aliphatic carbocycles. The van der Waals surface area contributed by atoms with E-state index in [4.69, 9.17) is 0 Å². The summed E-state index contributed by atoms with van der Waals surface area (Å²) in [6.45, 7) is 2.01. The molecule has 0 saturated carbocycles. The standard InChI is InChI=1S/C14H13N3O2/c1-11-3-2-4-13(9-11)16-15-10-12-5-7-14(8-6-12)17(18)19/h2-10,16H,1H3/b15-10+. The van der Waals surface area contributed by atoms with Gasteiger partial charge in [-0.2, -0.15) is 5.10 Å². The molecule has 2 rings (SSSR count). The van der Waals surface area contributed by atoms with E-state index in [-0.39, 0.29) is 5.69 Å². The number of nitro groups is 1. The van der Waals surface area contributed by atoms with Gasteiger partial charge in [0.15, 0.2) is 0 Å². The van der Waals surface area contributed by atoms with E-state index in [0.717, 1.165) is 16.8 Å². The average Bonchev–Trinajstić information content (AvgIpc) is 2.39. The molecule has 96 valence electrons. The van der Waals surface area contributed by atoms with Crippen molar-refractivity contribution in [3.63, 3.8) is 0 Å². The van der Waals surface area contributed by atoms with Gasteiger partial charge in [-0.05, 0) is 42.3 Å². The molecular weight excluding hydrogens is 242 g/mol. The monoisotopic (exact) mass is 255 g/mol. The minimum absolute atomic E-state index is 0.0730. The Labute approximate surface area is 110 Å². The van der Waals surface area contributed by atoms with Crippen molar-refractivity contribution < 1.29 is 4.92 Å². The molecule has 0 atom stereocenters. The van der Waals surface area contributed by atoms with Crippen LogP contribution >= 0.6 is 0 Å². The Hall–Kier alpha value is -2.69. The molecule has 0 saturated heterocycles.